The summed E-state index contributed by atoms with van der Waals surface area (Å²) in [5, 5.41) is 11.4. The fraction of sp³-hybridized carbons (Fsp3) is 0.194. The summed E-state index contributed by atoms with van der Waals surface area (Å²) in [5.74, 6) is 0.810. The SMILES string of the molecule is COc1ccc(S(=O)(=O)N(C(=O)CN2CCN(c3ccccn3)CC2)c2ccccc2C=Cc2cc[n+]([O-])cc2)cc1.Cl.Cl. The fourth-order valence-electron chi connectivity index (χ4n) is 4.72. The third kappa shape index (κ3) is 8.06. The number of nitrogens with zero attached hydrogens (tertiary/aromatic N) is 5. The number of anilines is 2. The van der Waals surface area contributed by atoms with Gasteiger partial charge in [-0.05, 0) is 53.6 Å². The number of ether oxygens (including phenoxy) is 1. The van der Waals surface area contributed by atoms with Crippen LogP contribution in [0.5, 0.6) is 5.75 Å². The van der Waals surface area contributed by atoms with E-state index in [0.29, 0.717) is 42.2 Å². The molecule has 10 nitrogen and oxygen atoms in total. The lowest BCUT2D eigenvalue weighted by atomic mass is 10.1. The van der Waals surface area contributed by atoms with E-state index in [1.54, 1.807) is 66.9 Å². The molecule has 0 unspecified atom stereocenters. The van der Waals surface area contributed by atoms with E-state index in [0.717, 1.165) is 15.7 Å². The molecule has 0 bridgehead atoms. The average molecular weight is 659 g/mol. The van der Waals surface area contributed by atoms with Gasteiger partial charge < -0.3 is 14.8 Å². The molecule has 2 aromatic heterocycles. The van der Waals surface area contributed by atoms with Gasteiger partial charge >= 0.3 is 0 Å². The summed E-state index contributed by atoms with van der Waals surface area (Å²) < 4.78 is 34.9. The van der Waals surface area contributed by atoms with E-state index >= 15 is 0 Å². The highest BCUT2D eigenvalue weighted by Gasteiger charge is 2.34. The fourth-order valence-corrected chi connectivity index (χ4v) is 6.16. The minimum Gasteiger partial charge on any atom is -0.619 e. The molecule has 13 heteroatoms. The molecule has 0 atom stereocenters. The summed E-state index contributed by atoms with van der Waals surface area (Å²) in [7, 11) is -2.79. The van der Waals surface area contributed by atoms with Crippen molar-refractivity contribution in [2.75, 3.05) is 49.0 Å². The second kappa shape index (κ2) is 15.5. The Kier molecular flexibility index (Phi) is 12.1. The molecule has 0 aliphatic carbocycles. The van der Waals surface area contributed by atoms with Crippen LogP contribution in [0.15, 0.2) is 102 Å². The van der Waals surface area contributed by atoms with Gasteiger partial charge in [-0.3, -0.25) is 9.69 Å². The zero-order chi connectivity index (χ0) is 29.5. The number of hydrogen-bond donors (Lipinski definition) is 0. The molecule has 2 aromatic carbocycles. The number of pyridine rings is 2. The first-order valence-corrected chi connectivity index (χ1v) is 14.9. The van der Waals surface area contributed by atoms with E-state index in [4.69, 9.17) is 4.74 Å². The largest absolute Gasteiger partial charge is 0.619 e. The predicted molar refractivity (Wildman–Crippen MR) is 176 cm³/mol. The highest BCUT2D eigenvalue weighted by Crippen LogP contribution is 2.30. The average Bonchev–Trinajstić information content (AvgIpc) is 3.02. The first-order chi connectivity index (χ1) is 20.3. The number of sulfonamides is 1. The van der Waals surface area contributed by atoms with Crippen LogP contribution in [-0.4, -0.2) is 64.0 Å². The number of carbonyl (C=O) groups is 1. The third-order valence-corrected chi connectivity index (χ3v) is 8.72. The number of piperazine rings is 1. The maximum Gasteiger partial charge on any atom is 0.270 e. The Morgan fingerprint density at radius 2 is 1.59 bits per heavy atom. The van der Waals surface area contributed by atoms with Gasteiger partial charge in [0, 0.05) is 44.5 Å². The van der Waals surface area contributed by atoms with Crippen LogP contribution in [-0.2, 0) is 14.8 Å². The van der Waals surface area contributed by atoms with Gasteiger partial charge in [0.05, 0.1) is 24.2 Å². The first-order valence-electron chi connectivity index (χ1n) is 13.4. The molecule has 1 saturated heterocycles. The summed E-state index contributed by atoms with van der Waals surface area (Å²) >= 11 is 0. The Bertz CT molecular complexity index is 1650. The lowest BCUT2D eigenvalue weighted by Gasteiger charge is -2.36. The highest BCUT2D eigenvalue weighted by molar-refractivity contribution is 7.93. The molecule has 0 N–H and O–H groups in total. The molecule has 1 aliphatic heterocycles. The van der Waals surface area contributed by atoms with Crippen molar-refractivity contribution in [1.82, 2.24) is 9.88 Å². The summed E-state index contributed by atoms with van der Waals surface area (Å²) in [4.78, 5) is 22.4. The number of para-hydroxylation sites is 1. The standard InChI is InChI=1S/C31H31N5O5S.2ClH/c1-41-27-11-13-28(14-12-27)42(39,40)36(29-7-3-2-6-26(29)10-9-25-15-18-35(38)19-16-25)31(37)24-33-20-22-34(23-21-33)30-8-4-5-17-32-30;;/h2-19H,20-24H2,1H3;2*1H. The van der Waals surface area contributed by atoms with E-state index in [2.05, 4.69) is 9.88 Å². The van der Waals surface area contributed by atoms with Crippen LogP contribution in [0.3, 0.4) is 0 Å². The Morgan fingerprint density at radius 3 is 2.23 bits per heavy atom. The maximum atomic E-state index is 14.1. The Hall–Kier alpha value is -4.16. The van der Waals surface area contributed by atoms with Gasteiger partial charge in [-0.2, -0.15) is 4.73 Å². The van der Waals surface area contributed by atoms with Gasteiger partial charge in [-0.1, -0.05) is 36.4 Å². The molecule has 44 heavy (non-hydrogen) atoms. The summed E-state index contributed by atoms with van der Waals surface area (Å²) in [6.07, 6.45) is 8.00. The molecule has 3 heterocycles. The molecule has 1 amide bonds. The molecule has 232 valence electrons. The van der Waals surface area contributed by atoms with Crippen LogP contribution in [0.4, 0.5) is 11.5 Å². The van der Waals surface area contributed by atoms with Crippen LogP contribution in [0, 0.1) is 5.21 Å². The van der Waals surface area contributed by atoms with E-state index in [1.807, 2.05) is 23.1 Å². The number of methoxy groups -OCH3 is 1. The van der Waals surface area contributed by atoms with Crippen molar-refractivity contribution in [3.05, 3.63) is 114 Å². The van der Waals surface area contributed by atoms with Crippen molar-refractivity contribution in [3.8, 4) is 5.75 Å². The van der Waals surface area contributed by atoms with Crippen molar-refractivity contribution in [3.63, 3.8) is 0 Å². The second-order valence-electron chi connectivity index (χ2n) is 9.67. The molecule has 0 radical (unpaired) electrons. The normalized spacial score (nSPS) is 13.5. The molecule has 0 spiro atoms. The Morgan fingerprint density at radius 1 is 0.932 bits per heavy atom. The maximum absolute atomic E-state index is 14.1. The number of carbonyl (C=O) groups excluding carboxylic acids is 1. The monoisotopic (exact) mass is 657 g/mol. The van der Waals surface area contributed by atoms with Crippen LogP contribution >= 0.6 is 24.8 Å². The van der Waals surface area contributed by atoms with Crippen LogP contribution in [0.2, 0.25) is 0 Å². The molecule has 4 aromatic rings. The van der Waals surface area contributed by atoms with Gasteiger partial charge in [-0.15, -0.1) is 24.8 Å². The number of benzene rings is 2. The van der Waals surface area contributed by atoms with E-state index in [1.165, 1.54) is 31.6 Å². The van der Waals surface area contributed by atoms with Gasteiger partial charge in [0.2, 0.25) is 0 Å². The van der Waals surface area contributed by atoms with Crippen molar-refractivity contribution in [1.29, 1.82) is 0 Å². The summed E-state index contributed by atoms with van der Waals surface area (Å²) in [5.41, 5.74) is 1.51. The molecule has 1 fully saturated rings. The van der Waals surface area contributed by atoms with Crippen LogP contribution in [0.1, 0.15) is 11.1 Å². The van der Waals surface area contributed by atoms with Gasteiger partial charge in [-0.25, -0.2) is 17.7 Å². The van der Waals surface area contributed by atoms with Crippen molar-refractivity contribution < 1.29 is 22.7 Å². The molecule has 1 aliphatic rings. The number of hydrogen-bond acceptors (Lipinski definition) is 8. The van der Waals surface area contributed by atoms with Crippen LogP contribution < -0.4 is 18.7 Å². The minimum absolute atomic E-state index is 0. The molecule has 0 saturated carbocycles. The van der Waals surface area contributed by atoms with Crippen molar-refractivity contribution in [2.24, 2.45) is 0 Å². The highest BCUT2D eigenvalue weighted by atomic mass is 35.5. The number of halogens is 2. The molecule has 5 rings (SSSR count). The number of rotatable bonds is 9. The zero-order valence-corrected chi connectivity index (χ0v) is 26.4. The zero-order valence-electron chi connectivity index (χ0n) is 23.9. The Balaban J connectivity index is 0.00000264. The number of amides is 1. The smallest absolute Gasteiger partial charge is 0.270 e. The van der Waals surface area contributed by atoms with E-state index in [-0.39, 0.29) is 41.9 Å². The molecular weight excluding hydrogens is 625 g/mol. The van der Waals surface area contributed by atoms with Crippen molar-refractivity contribution in [2.45, 2.75) is 4.90 Å². The second-order valence-corrected chi connectivity index (χ2v) is 11.5. The summed E-state index contributed by atoms with van der Waals surface area (Å²) in [6, 6.07) is 21.8. The van der Waals surface area contributed by atoms with E-state index < -0.39 is 15.9 Å². The quantitative estimate of drug-likeness (QED) is 0.194. The van der Waals surface area contributed by atoms with Gasteiger partial charge in [0.15, 0.2) is 12.4 Å². The molecular formula is C31H33Cl2N5O5S. The van der Waals surface area contributed by atoms with Gasteiger partial charge in [0.25, 0.3) is 15.9 Å². The topological polar surface area (TPSA) is 110 Å². The number of aromatic nitrogens is 2. The lowest BCUT2D eigenvalue weighted by Crippen LogP contribution is -2.51. The van der Waals surface area contributed by atoms with E-state index in [9.17, 15) is 18.4 Å². The van der Waals surface area contributed by atoms with Crippen molar-refractivity contribution >= 4 is 64.4 Å². The van der Waals surface area contributed by atoms with Crippen LogP contribution in [0.25, 0.3) is 12.2 Å². The summed E-state index contributed by atoms with van der Waals surface area (Å²) in [6.45, 7) is 2.40. The third-order valence-electron chi connectivity index (χ3n) is 6.97. The Labute approximate surface area is 269 Å². The first kappa shape index (κ1) is 34.3. The minimum atomic E-state index is -4.29. The lowest BCUT2D eigenvalue weighted by molar-refractivity contribution is -0.605. The van der Waals surface area contributed by atoms with Gasteiger partial charge in [0.1, 0.15) is 11.6 Å². The predicted octanol–water partition coefficient (Wildman–Crippen LogP) is 4.28.